The van der Waals surface area contributed by atoms with Gasteiger partial charge in [-0.15, -0.1) is 0 Å². The van der Waals surface area contributed by atoms with E-state index in [4.69, 9.17) is 9.47 Å². The normalized spacial score (nSPS) is 28.0. The van der Waals surface area contributed by atoms with Crippen LogP contribution in [0.2, 0.25) is 0 Å². The van der Waals surface area contributed by atoms with Gasteiger partial charge in [0.2, 0.25) is 0 Å². The smallest absolute Gasteiger partial charge is 0.315 e. The maximum Gasteiger partial charge on any atom is 0.315 e. The molecule has 2 unspecified atom stereocenters. The quantitative estimate of drug-likeness (QED) is 0.258. The molecule has 3 aliphatic rings. The number of carbonyl (C=O) groups is 1. The molecule has 234 valence electrons. The van der Waals surface area contributed by atoms with E-state index < -0.39 is 6.29 Å². The van der Waals surface area contributed by atoms with Crippen molar-refractivity contribution in [3.05, 3.63) is 107 Å². The molecule has 2 aliphatic heterocycles. The van der Waals surface area contributed by atoms with Crippen molar-refractivity contribution in [3.8, 4) is 0 Å². The molecule has 5 atom stereocenters. The van der Waals surface area contributed by atoms with Crippen LogP contribution in [0, 0.1) is 10.8 Å². The summed E-state index contributed by atoms with van der Waals surface area (Å²) in [4.78, 5) is 15.0. The molecule has 2 bridgehead atoms. The molecule has 2 heterocycles. The largest absolute Gasteiger partial charge is 0.392 e. The second-order valence-electron chi connectivity index (χ2n) is 14.3. The van der Waals surface area contributed by atoms with Gasteiger partial charge in [-0.05, 0) is 52.3 Å². The number of amides is 2. The lowest BCUT2D eigenvalue weighted by Crippen LogP contribution is -2.42. The fourth-order valence-electron chi connectivity index (χ4n) is 7.90. The van der Waals surface area contributed by atoms with E-state index in [1.807, 2.05) is 66.7 Å². The van der Waals surface area contributed by atoms with Crippen LogP contribution in [0.5, 0.6) is 0 Å². The van der Waals surface area contributed by atoms with Crippen LogP contribution in [0.15, 0.2) is 78.9 Å². The maximum atomic E-state index is 12.3. The van der Waals surface area contributed by atoms with Gasteiger partial charge in [0.25, 0.3) is 0 Å². The summed E-state index contributed by atoms with van der Waals surface area (Å²) in [5.41, 5.74) is 5.79. The molecule has 2 saturated heterocycles. The first kappa shape index (κ1) is 30.8. The van der Waals surface area contributed by atoms with Crippen LogP contribution in [-0.4, -0.2) is 41.3 Å². The highest BCUT2D eigenvalue weighted by atomic mass is 16.7. The minimum atomic E-state index is -0.485. The zero-order chi connectivity index (χ0) is 30.7. The molecule has 3 aromatic carbocycles. The number of hydrogen-bond acceptors (Lipinski definition) is 5. The van der Waals surface area contributed by atoms with Crippen LogP contribution in [0.25, 0.3) is 0 Å². The summed E-state index contributed by atoms with van der Waals surface area (Å²) in [5.74, 6) is 0. The Morgan fingerprint density at radius 1 is 0.841 bits per heavy atom. The SMILES string of the molecule is CC1(C)CC2CC(C)(CN2C[C@@H]2C[C@H](c3ccc(CO)cc3)O[C@H](c3ccc(CNC(=O)NCc4ccccc4)cc3)O2)C1. The Balaban J connectivity index is 1.11. The van der Waals surface area contributed by atoms with Crippen LogP contribution in [0.3, 0.4) is 0 Å². The van der Waals surface area contributed by atoms with E-state index in [0.29, 0.717) is 30.0 Å². The molecule has 3 N–H and O–H groups in total. The number of rotatable bonds is 9. The molecular formula is C37H47N3O4. The second kappa shape index (κ2) is 13.0. The summed E-state index contributed by atoms with van der Waals surface area (Å²) < 4.78 is 13.3. The molecule has 1 aliphatic carbocycles. The average molecular weight is 598 g/mol. The van der Waals surface area contributed by atoms with Gasteiger partial charge in [0, 0.05) is 44.2 Å². The van der Waals surface area contributed by atoms with Crippen LogP contribution < -0.4 is 10.6 Å². The second-order valence-corrected chi connectivity index (χ2v) is 14.3. The molecular weight excluding hydrogens is 550 g/mol. The van der Waals surface area contributed by atoms with Crippen LogP contribution in [0.4, 0.5) is 4.79 Å². The summed E-state index contributed by atoms with van der Waals surface area (Å²) in [6, 6.07) is 26.5. The van der Waals surface area contributed by atoms with Gasteiger partial charge in [0.05, 0.1) is 18.8 Å². The van der Waals surface area contributed by atoms with Crippen molar-refractivity contribution >= 4 is 6.03 Å². The van der Waals surface area contributed by atoms with Gasteiger partial charge in [-0.1, -0.05) is 99.6 Å². The fourth-order valence-corrected chi connectivity index (χ4v) is 7.90. The lowest BCUT2D eigenvalue weighted by Gasteiger charge is -2.41. The number of likely N-dealkylation sites (tertiary alicyclic amines) is 1. The number of urea groups is 1. The molecule has 3 fully saturated rings. The van der Waals surface area contributed by atoms with Gasteiger partial charge in [0.15, 0.2) is 6.29 Å². The Labute approximate surface area is 262 Å². The first-order valence-corrected chi connectivity index (χ1v) is 16.1. The summed E-state index contributed by atoms with van der Waals surface area (Å²) >= 11 is 0. The van der Waals surface area contributed by atoms with Gasteiger partial charge in [-0.25, -0.2) is 4.79 Å². The Morgan fingerprint density at radius 3 is 2.16 bits per heavy atom. The first-order valence-electron chi connectivity index (χ1n) is 16.1. The van der Waals surface area contributed by atoms with E-state index in [0.717, 1.165) is 47.3 Å². The highest BCUT2D eigenvalue weighted by Crippen LogP contribution is 2.53. The zero-order valence-electron chi connectivity index (χ0n) is 26.3. The molecule has 2 amide bonds. The maximum absolute atomic E-state index is 12.3. The predicted octanol–water partition coefficient (Wildman–Crippen LogP) is 6.62. The lowest BCUT2D eigenvalue weighted by molar-refractivity contribution is -0.253. The fraction of sp³-hybridized carbons (Fsp3) is 0.486. The number of hydrogen-bond donors (Lipinski definition) is 3. The molecule has 0 spiro atoms. The van der Waals surface area contributed by atoms with Gasteiger partial charge in [0.1, 0.15) is 0 Å². The zero-order valence-corrected chi connectivity index (χ0v) is 26.3. The monoisotopic (exact) mass is 597 g/mol. The van der Waals surface area contributed by atoms with Crippen molar-refractivity contribution in [1.29, 1.82) is 0 Å². The van der Waals surface area contributed by atoms with E-state index in [9.17, 15) is 9.90 Å². The molecule has 0 aromatic heterocycles. The molecule has 0 radical (unpaired) electrons. The van der Waals surface area contributed by atoms with Crippen molar-refractivity contribution in [2.24, 2.45) is 10.8 Å². The number of carbonyl (C=O) groups excluding carboxylic acids is 1. The first-order chi connectivity index (χ1) is 21.2. The average Bonchev–Trinajstić information content (AvgIpc) is 3.26. The predicted molar refractivity (Wildman–Crippen MR) is 171 cm³/mol. The third-order valence-corrected chi connectivity index (χ3v) is 9.58. The third kappa shape index (κ3) is 7.52. The summed E-state index contributed by atoms with van der Waals surface area (Å²) in [6.45, 7) is 10.3. The van der Waals surface area contributed by atoms with E-state index in [2.05, 4.69) is 48.4 Å². The van der Waals surface area contributed by atoms with Gasteiger partial charge >= 0.3 is 6.03 Å². The van der Waals surface area contributed by atoms with Crippen LogP contribution >= 0.6 is 0 Å². The standard InChI is InChI=1S/C37H47N3O4/c1-36(2)18-31-19-37(3,24-36)25-40(31)22-32-17-33(29-13-11-28(23-41)12-14-29)44-34(43-32)30-15-9-27(10-16-30)21-39-35(42)38-20-26-7-5-4-6-8-26/h4-16,31-34,41H,17-25H2,1-3H3,(H2,38,39,42)/t31?,32-,33+,34+,37?/m0/s1. The third-order valence-electron chi connectivity index (χ3n) is 9.58. The van der Waals surface area contributed by atoms with Crippen molar-refractivity contribution in [2.75, 3.05) is 13.1 Å². The number of aliphatic hydroxyl groups excluding tert-OH is 1. The molecule has 7 nitrogen and oxygen atoms in total. The summed E-state index contributed by atoms with van der Waals surface area (Å²) in [5, 5.41) is 15.4. The minimum absolute atomic E-state index is 0.0293. The van der Waals surface area contributed by atoms with E-state index >= 15 is 0 Å². The lowest BCUT2D eigenvalue weighted by atomic mass is 9.65. The molecule has 6 rings (SSSR count). The molecule has 7 heteroatoms. The molecule has 44 heavy (non-hydrogen) atoms. The number of fused-ring (bicyclic) bond motifs is 2. The molecule has 3 aromatic rings. The van der Waals surface area contributed by atoms with Gasteiger partial charge < -0.3 is 25.2 Å². The number of benzene rings is 3. The van der Waals surface area contributed by atoms with Gasteiger partial charge in [-0.2, -0.15) is 0 Å². The summed E-state index contributed by atoms with van der Waals surface area (Å²) in [6.07, 6.45) is 4.03. The topological polar surface area (TPSA) is 83.1 Å². The van der Waals surface area contributed by atoms with Crippen molar-refractivity contribution < 1.29 is 19.4 Å². The summed E-state index contributed by atoms with van der Waals surface area (Å²) in [7, 11) is 0. The number of nitrogens with zero attached hydrogens (tertiary/aromatic N) is 1. The Bertz CT molecular complexity index is 1390. The number of nitrogens with one attached hydrogen (secondary N) is 2. The van der Waals surface area contributed by atoms with Crippen molar-refractivity contribution in [1.82, 2.24) is 15.5 Å². The van der Waals surface area contributed by atoms with E-state index in [1.54, 1.807) is 0 Å². The Morgan fingerprint density at radius 2 is 1.48 bits per heavy atom. The Hall–Kier alpha value is -3.23. The van der Waals surface area contributed by atoms with Gasteiger partial charge in [-0.3, -0.25) is 4.90 Å². The molecule has 1 saturated carbocycles. The minimum Gasteiger partial charge on any atom is -0.392 e. The number of aliphatic hydroxyl groups is 1. The van der Waals surface area contributed by atoms with Crippen molar-refractivity contribution in [3.63, 3.8) is 0 Å². The van der Waals surface area contributed by atoms with E-state index in [-0.39, 0.29) is 24.8 Å². The highest BCUT2D eigenvalue weighted by Gasteiger charge is 2.50. The Kier molecular flexibility index (Phi) is 9.11. The van der Waals surface area contributed by atoms with Crippen molar-refractivity contribution in [2.45, 2.75) is 90.7 Å². The van der Waals surface area contributed by atoms with E-state index in [1.165, 1.54) is 19.3 Å². The highest BCUT2D eigenvalue weighted by molar-refractivity contribution is 5.73. The number of ether oxygens (including phenoxy) is 2. The van der Waals surface area contributed by atoms with Crippen LogP contribution in [0.1, 0.15) is 86.7 Å². The van der Waals surface area contributed by atoms with Crippen LogP contribution in [-0.2, 0) is 29.2 Å².